The number of carbonyl (C=O) groups is 2. The van der Waals surface area contributed by atoms with Crippen molar-refractivity contribution in [1.82, 2.24) is 0 Å². The van der Waals surface area contributed by atoms with Gasteiger partial charge in [0.15, 0.2) is 0 Å². The third-order valence-corrected chi connectivity index (χ3v) is 10.9. The van der Waals surface area contributed by atoms with E-state index in [1.807, 2.05) is 51.1 Å². The molecule has 1 N–H and O–H groups in total. The summed E-state index contributed by atoms with van der Waals surface area (Å²) in [6, 6.07) is 10.9. The number of hydrogen-bond acceptors (Lipinski definition) is 5. The fourth-order valence-electron chi connectivity index (χ4n) is 5.68. The fourth-order valence-corrected chi connectivity index (χ4v) is 8.13. The lowest BCUT2D eigenvalue weighted by molar-refractivity contribution is -0.124. The molecule has 0 saturated heterocycles. The van der Waals surface area contributed by atoms with Crippen LogP contribution in [0.4, 0.5) is 5.69 Å². The van der Waals surface area contributed by atoms with E-state index in [1.54, 1.807) is 17.6 Å². The first-order chi connectivity index (χ1) is 18.8. The number of carboxylic acid groups (broad SMARTS) is 1. The van der Waals surface area contributed by atoms with Crippen LogP contribution in [0.3, 0.4) is 0 Å². The minimum absolute atomic E-state index is 0.0253. The van der Waals surface area contributed by atoms with Crippen molar-refractivity contribution in [3.63, 3.8) is 0 Å². The Bertz CT molecular complexity index is 1300. The molecule has 1 atom stereocenters. The summed E-state index contributed by atoms with van der Waals surface area (Å²) in [5.74, 6) is 5.83. The van der Waals surface area contributed by atoms with Gasteiger partial charge in [-0.15, -0.1) is 11.3 Å². The highest BCUT2D eigenvalue weighted by Gasteiger charge is 2.38. The Labute approximate surface area is 243 Å². The van der Waals surface area contributed by atoms with Gasteiger partial charge in [-0.25, -0.2) is 4.79 Å². The van der Waals surface area contributed by atoms with E-state index < -0.39 is 13.3 Å². The van der Waals surface area contributed by atoms with Gasteiger partial charge < -0.3 is 14.5 Å². The van der Waals surface area contributed by atoms with E-state index in [2.05, 4.69) is 18.8 Å². The largest absolute Gasteiger partial charge is 0.477 e. The van der Waals surface area contributed by atoms with Crippen molar-refractivity contribution in [2.45, 2.75) is 91.2 Å². The predicted octanol–water partition coefficient (Wildman–Crippen LogP) is 7.56. The lowest BCUT2D eigenvalue weighted by Crippen LogP contribution is -2.47. The smallest absolute Gasteiger partial charge is 0.348 e. The summed E-state index contributed by atoms with van der Waals surface area (Å²) >= 11 is 1.14. The normalized spacial score (nSPS) is 24.8. The summed E-state index contributed by atoms with van der Waals surface area (Å²) in [5.41, 5.74) is 0.243. The highest BCUT2D eigenvalue weighted by molar-refractivity contribution is 7.66. The first-order valence-corrected chi connectivity index (χ1v) is 17.3. The molecular weight excluding hydrogens is 541 g/mol. The van der Waals surface area contributed by atoms with Crippen LogP contribution in [-0.4, -0.2) is 35.8 Å². The molecule has 1 heterocycles. The summed E-state index contributed by atoms with van der Waals surface area (Å²) < 4.78 is 19.5. The monoisotopic (exact) mass is 583 g/mol. The Kier molecular flexibility index (Phi) is 9.66. The number of nitrogens with zero attached hydrogens (tertiary/aromatic N) is 1. The molecule has 2 aromatic rings. The van der Waals surface area contributed by atoms with Crippen LogP contribution >= 0.6 is 18.7 Å². The molecular formula is C32H42NO5PS. The molecule has 1 unspecified atom stereocenters. The summed E-state index contributed by atoms with van der Waals surface area (Å²) in [4.78, 5) is 29.1. The number of hydrogen-bond donors (Lipinski definition) is 1. The van der Waals surface area contributed by atoms with E-state index in [0.29, 0.717) is 47.5 Å². The van der Waals surface area contributed by atoms with E-state index in [9.17, 15) is 19.3 Å². The number of amides is 1. The second-order valence-corrected chi connectivity index (χ2v) is 16.0. The SMILES string of the molecule is CC1CCC(C(=O)N(c2cc(C#CC(C)(C)C)sc2C(=O)O)C2CCC(OP(C)(=O)c3ccccc3)CC2)CC1. The van der Waals surface area contributed by atoms with Crippen molar-refractivity contribution < 1.29 is 23.8 Å². The molecule has 6 nitrogen and oxygen atoms in total. The van der Waals surface area contributed by atoms with Gasteiger partial charge in [0.1, 0.15) is 4.88 Å². The number of carbonyl (C=O) groups excluding carboxylic acids is 1. The zero-order valence-electron chi connectivity index (χ0n) is 24.3. The average Bonchev–Trinajstić information content (AvgIpc) is 3.33. The summed E-state index contributed by atoms with van der Waals surface area (Å²) in [7, 11) is -2.97. The summed E-state index contributed by atoms with van der Waals surface area (Å²) in [6.07, 6.45) is 6.13. The Morgan fingerprint density at radius 3 is 2.23 bits per heavy atom. The fraction of sp³-hybridized carbons (Fsp3) is 0.562. The quantitative estimate of drug-likeness (QED) is 0.269. The number of carboxylic acids is 1. The molecule has 216 valence electrons. The van der Waals surface area contributed by atoms with Crippen LogP contribution in [0.25, 0.3) is 0 Å². The lowest BCUT2D eigenvalue weighted by Gasteiger charge is -2.39. The van der Waals surface area contributed by atoms with E-state index in [-0.39, 0.29) is 34.3 Å². The third kappa shape index (κ3) is 7.66. The van der Waals surface area contributed by atoms with Gasteiger partial charge >= 0.3 is 5.97 Å². The van der Waals surface area contributed by atoms with Crippen molar-refractivity contribution in [3.8, 4) is 11.8 Å². The maximum Gasteiger partial charge on any atom is 0.348 e. The molecule has 2 aliphatic carbocycles. The average molecular weight is 584 g/mol. The Morgan fingerprint density at radius 1 is 1.02 bits per heavy atom. The van der Waals surface area contributed by atoms with Crippen LogP contribution in [0, 0.1) is 29.1 Å². The van der Waals surface area contributed by atoms with Gasteiger partial charge in [-0.2, -0.15) is 0 Å². The molecule has 40 heavy (non-hydrogen) atoms. The minimum Gasteiger partial charge on any atom is -0.477 e. The van der Waals surface area contributed by atoms with Gasteiger partial charge in [0.25, 0.3) is 0 Å². The highest BCUT2D eigenvalue weighted by atomic mass is 32.1. The maximum atomic E-state index is 14.1. The molecule has 2 saturated carbocycles. The van der Waals surface area contributed by atoms with Crippen LogP contribution in [0.15, 0.2) is 36.4 Å². The molecule has 4 rings (SSSR count). The van der Waals surface area contributed by atoms with Crippen LogP contribution in [-0.2, 0) is 13.9 Å². The number of benzene rings is 1. The Morgan fingerprint density at radius 2 is 1.65 bits per heavy atom. The molecule has 0 spiro atoms. The standard InChI is InChI=1S/C32H42NO5PS/c1-22-11-13-23(14-12-22)30(34)33(28-21-27(19-20-32(2,3)4)40-29(28)31(35)36)24-15-17-25(18-16-24)38-39(5,37)26-9-7-6-8-10-26/h6-10,21-25H,11-18H2,1-5H3,(H,35,36). The minimum atomic E-state index is -2.97. The molecule has 1 amide bonds. The molecule has 0 bridgehead atoms. The van der Waals surface area contributed by atoms with E-state index >= 15 is 0 Å². The maximum absolute atomic E-state index is 14.1. The molecule has 2 fully saturated rings. The summed E-state index contributed by atoms with van der Waals surface area (Å²) in [6.45, 7) is 9.93. The first-order valence-electron chi connectivity index (χ1n) is 14.4. The molecule has 0 aliphatic heterocycles. The van der Waals surface area contributed by atoms with E-state index in [4.69, 9.17) is 4.52 Å². The van der Waals surface area contributed by atoms with E-state index in [1.165, 1.54) is 0 Å². The number of anilines is 1. The molecule has 1 aromatic heterocycles. The van der Waals surface area contributed by atoms with Crippen molar-refractivity contribution in [2.75, 3.05) is 11.6 Å². The highest BCUT2D eigenvalue weighted by Crippen LogP contribution is 2.46. The van der Waals surface area contributed by atoms with Crippen molar-refractivity contribution in [1.29, 1.82) is 0 Å². The molecule has 0 radical (unpaired) electrons. The lowest BCUT2D eigenvalue weighted by atomic mass is 9.81. The topological polar surface area (TPSA) is 83.9 Å². The van der Waals surface area contributed by atoms with Crippen molar-refractivity contribution >= 4 is 41.6 Å². The van der Waals surface area contributed by atoms with Gasteiger partial charge in [0.2, 0.25) is 13.3 Å². The number of aromatic carboxylic acids is 1. The van der Waals surface area contributed by atoms with Gasteiger partial charge in [-0.05, 0) is 96.3 Å². The van der Waals surface area contributed by atoms with Gasteiger partial charge in [-0.3, -0.25) is 9.36 Å². The van der Waals surface area contributed by atoms with Crippen LogP contribution in [0.1, 0.15) is 93.6 Å². The number of thiophene rings is 1. The van der Waals surface area contributed by atoms with Crippen molar-refractivity contribution in [2.24, 2.45) is 17.3 Å². The molecule has 8 heteroatoms. The van der Waals surface area contributed by atoms with Crippen molar-refractivity contribution in [3.05, 3.63) is 46.2 Å². The van der Waals surface area contributed by atoms with Gasteiger partial charge in [0.05, 0.1) is 16.7 Å². The van der Waals surface area contributed by atoms with Crippen LogP contribution in [0.5, 0.6) is 0 Å². The second kappa shape index (κ2) is 12.6. The summed E-state index contributed by atoms with van der Waals surface area (Å²) in [5, 5.41) is 10.8. The predicted molar refractivity (Wildman–Crippen MR) is 163 cm³/mol. The first kappa shape index (κ1) is 30.6. The zero-order valence-corrected chi connectivity index (χ0v) is 26.0. The second-order valence-electron chi connectivity index (χ2n) is 12.5. The van der Waals surface area contributed by atoms with Gasteiger partial charge in [0, 0.05) is 29.3 Å². The molecule has 2 aliphatic rings. The zero-order chi connectivity index (χ0) is 29.1. The Hall–Kier alpha value is -2.39. The van der Waals surface area contributed by atoms with Crippen LogP contribution < -0.4 is 10.2 Å². The molecule has 1 aromatic carbocycles. The third-order valence-electron chi connectivity index (χ3n) is 7.91. The Balaban J connectivity index is 1.60. The van der Waals surface area contributed by atoms with Gasteiger partial charge in [-0.1, -0.05) is 37.0 Å². The van der Waals surface area contributed by atoms with Crippen LogP contribution in [0.2, 0.25) is 0 Å². The van der Waals surface area contributed by atoms with E-state index in [0.717, 1.165) is 37.0 Å². The number of rotatable bonds is 7.